The second-order valence-electron chi connectivity index (χ2n) is 8.27. The molecule has 1 aromatic heterocycles. The molecular formula is C25H28N4O3S. The smallest absolute Gasteiger partial charge is 0.407 e. The average Bonchev–Trinajstić information content (AvgIpc) is 3.56. The third-order valence-electron chi connectivity index (χ3n) is 5.65. The minimum absolute atomic E-state index is 0.284. The Balaban J connectivity index is 1.55. The molecule has 0 radical (unpaired) electrons. The van der Waals surface area contributed by atoms with Gasteiger partial charge in [-0.15, -0.1) is 11.3 Å². The first kappa shape index (κ1) is 22.8. The summed E-state index contributed by atoms with van der Waals surface area (Å²) in [5.41, 5.74) is 9.60. The van der Waals surface area contributed by atoms with E-state index in [0.29, 0.717) is 24.4 Å². The minimum Gasteiger partial charge on any atom is -0.453 e. The Hall–Kier alpha value is -3.39. The maximum absolute atomic E-state index is 13.4. The number of alkyl carbamates (subject to hydrolysis) is 1. The fraction of sp³-hybridized carbons (Fsp3) is 0.320. The van der Waals surface area contributed by atoms with Crippen molar-refractivity contribution in [2.75, 3.05) is 12.8 Å². The first-order valence-corrected chi connectivity index (χ1v) is 11.9. The molecule has 172 valence electrons. The predicted molar refractivity (Wildman–Crippen MR) is 129 cm³/mol. The molecule has 2 aromatic carbocycles. The number of aromatic nitrogens is 1. The summed E-state index contributed by atoms with van der Waals surface area (Å²) in [6.07, 6.45) is 2.61. The predicted octanol–water partition coefficient (Wildman–Crippen LogP) is 3.97. The number of carbonyl (C=O) groups excluding carboxylic acids is 2. The van der Waals surface area contributed by atoms with Gasteiger partial charge in [-0.1, -0.05) is 42.5 Å². The maximum Gasteiger partial charge on any atom is 0.407 e. The van der Waals surface area contributed by atoms with Crippen LogP contribution in [0, 0.1) is 0 Å². The molecule has 0 spiro atoms. The van der Waals surface area contributed by atoms with E-state index in [0.717, 1.165) is 21.8 Å². The number of nitrogens with two attached hydrogens (primary N) is 1. The van der Waals surface area contributed by atoms with Gasteiger partial charge in [0, 0.05) is 23.4 Å². The number of thiazole rings is 1. The topological polar surface area (TPSA) is 106 Å². The van der Waals surface area contributed by atoms with Gasteiger partial charge in [-0.05, 0) is 42.5 Å². The Morgan fingerprint density at radius 3 is 2.42 bits per heavy atom. The largest absolute Gasteiger partial charge is 0.453 e. The molecule has 0 aliphatic heterocycles. The molecular weight excluding hydrogens is 436 g/mol. The van der Waals surface area contributed by atoms with Gasteiger partial charge >= 0.3 is 6.09 Å². The molecule has 3 aromatic rings. The standard InChI is InChI=1S/C25H28N4O3S/c1-32-25(31)29-20(13-16-5-3-2-4-6-16)23(30)27-21(14-17-7-11-19(26)12-8-17)24-28-22(15-33-24)18-9-10-18/h2-8,11-12,15,18,20-21H,9-10,13-14,26H2,1H3,(H,27,30)(H,29,31). The highest BCUT2D eigenvalue weighted by Gasteiger charge is 2.29. The zero-order chi connectivity index (χ0) is 23.2. The van der Waals surface area contributed by atoms with Crippen molar-refractivity contribution in [1.82, 2.24) is 15.6 Å². The van der Waals surface area contributed by atoms with Crippen LogP contribution in [0.5, 0.6) is 0 Å². The van der Waals surface area contributed by atoms with E-state index in [1.54, 1.807) is 11.3 Å². The second-order valence-corrected chi connectivity index (χ2v) is 9.16. The molecule has 0 bridgehead atoms. The number of nitrogen functional groups attached to an aromatic ring is 1. The number of rotatable bonds is 9. The number of methoxy groups -OCH3 is 1. The number of nitrogens with one attached hydrogen (secondary N) is 2. The highest BCUT2D eigenvalue weighted by atomic mass is 32.1. The highest BCUT2D eigenvalue weighted by Crippen LogP contribution is 2.41. The summed E-state index contributed by atoms with van der Waals surface area (Å²) < 4.78 is 4.75. The average molecular weight is 465 g/mol. The second kappa shape index (κ2) is 10.5. The molecule has 33 heavy (non-hydrogen) atoms. The molecule has 1 aliphatic rings. The van der Waals surface area contributed by atoms with E-state index in [2.05, 4.69) is 16.0 Å². The summed E-state index contributed by atoms with van der Waals surface area (Å²) in [5.74, 6) is 0.252. The molecule has 2 unspecified atom stereocenters. The van der Waals surface area contributed by atoms with Crippen molar-refractivity contribution in [2.24, 2.45) is 0 Å². The number of hydrogen-bond acceptors (Lipinski definition) is 6. The number of benzene rings is 2. The molecule has 2 atom stereocenters. The van der Waals surface area contributed by atoms with Crippen molar-refractivity contribution < 1.29 is 14.3 Å². The Bertz CT molecular complexity index is 1080. The molecule has 1 saturated carbocycles. The van der Waals surface area contributed by atoms with E-state index in [-0.39, 0.29) is 11.9 Å². The van der Waals surface area contributed by atoms with Crippen LogP contribution in [0.25, 0.3) is 0 Å². The van der Waals surface area contributed by atoms with Gasteiger partial charge < -0.3 is 21.1 Å². The molecule has 1 aliphatic carbocycles. The van der Waals surface area contributed by atoms with Gasteiger partial charge in [0.2, 0.25) is 5.91 Å². The van der Waals surface area contributed by atoms with Crippen molar-refractivity contribution >= 4 is 29.0 Å². The van der Waals surface area contributed by atoms with Crippen LogP contribution in [0.15, 0.2) is 60.0 Å². The summed E-state index contributed by atoms with van der Waals surface area (Å²) in [6.45, 7) is 0. The number of hydrogen-bond donors (Lipinski definition) is 3. The van der Waals surface area contributed by atoms with Crippen molar-refractivity contribution in [2.45, 2.75) is 43.7 Å². The summed E-state index contributed by atoms with van der Waals surface area (Å²) in [4.78, 5) is 30.1. The van der Waals surface area contributed by atoms with E-state index in [1.165, 1.54) is 20.0 Å². The van der Waals surface area contributed by atoms with E-state index >= 15 is 0 Å². The molecule has 4 rings (SSSR count). The van der Waals surface area contributed by atoms with Gasteiger partial charge in [-0.2, -0.15) is 0 Å². The highest BCUT2D eigenvalue weighted by molar-refractivity contribution is 7.09. The Labute approximate surface area is 197 Å². The van der Waals surface area contributed by atoms with Crippen LogP contribution in [-0.4, -0.2) is 30.1 Å². The summed E-state index contributed by atoms with van der Waals surface area (Å²) in [6, 6.07) is 16.1. The quantitative estimate of drug-likeness (QED) is 0.416. The molecule has 8 heteroatoms. The lowest BCUT2D eigenvalue weighted by atomic mass is 10.0. The van der Waals surface area contributed by atoms with Gasteiger partial charge in [0.15, 0.2) is 0 Å². The van der Waals surface area contributed by atoms with Gasteiger partial charge in [0.05, 0.1) is 18.8 Å². The fourth-order valence-electron chi connectivity index (χ4n) is 3.65. The van der Waals surface area contributed by atoms with Crippen LogP contribution in [0.2, 0.25) is 0 Å². The SMILES string of the molecule is COC(=O)NC(Cc1ccccc1)C(=O)NC(Cc1ccc(N)cc1)c1nc(C2CC2)cs1. The Morgan fingerprint density at radius 2 is 1.76 bits per heavy atom. The Kier molecular flexibility index (Phi) is 7.24. The monoisotopic (exact) mass is 464 g/mol. The molecule has 1 fully saturated rings. The summed E-state index contributed by atoms with van der Waals surface area (Å²) in [5, 5.41) is 8.74. The lowest BCUT2D eigenvalue weighted by Gasteiger charge is -2.22. The zero-order valence-corrected chi connectivity index (χ0v) is 19.3. The van der Waals surface area contributed by atoms with Gasteiger partial charge in [-0.3, -0.25) is 4.79 Å². The molecule has 1 heterocycles. The van der Waals surface area contributed by atoms with E-state index in [9.17, 15) is 9.59 Å². The van der Waals surface area contributed by atoms with Crippen LogP contribution in [-0.2, 0) is 22.4 Å². The van der Waals surface area contributed by atoms with Crippen molar-refractivity contribution in [3.63, 3.8) is 0 Å². The molecule has 2 amide bonds. The first-order valence-electron chi connectivity index (χ1n) is 11.0. The third-order valence-corrected chi connectivity index (χ3v) is 6.62. The first-order chi connectivity index (χ1) is 16.0. The summed E-state index contributed by atoms with van der Waals surface area (Å²) in [7, 11) is 1.28. The van der Waals surface area contributed by atoms with Crippen LogP contribution in [0.3, 0.4) is 0 Å². The maximum atomic E-state index is 13.4. The normalized spacial score (nSPS) is 14.8. The van der Waals surface area contributed by atoms with Gasteiger partial charge in [0.1, 0.15) is 11.0 Å². The number of ether oxygens (including phenoxy) is 1. The van der Waals surface area contributed by atoms with Gasteiger partial charge in [-0.25, -0.2) is 9.78 Å². The lowest BCUT2D eigenvalue weighted by molar-refractivity contribution is -0.123. The summed E-state index contributed by atoms with van der Waals surface area (Å²) >= 11 is 1.56. The van der Waals surface area contributed by atoms with Crippen LogP contribution >= 0.6 is 11.3 Å². The van der Waals surface area contributed by atoms with Crippen molar-refractivity contribution in [1.29, 1.82) is 0 Å². The number of carbonyl (C=O) groups is 2. The van der Waals surface area contributed by atoms with Crippen molar-refractivity contribution in [3.05, 3.63) is 81.8 Å². The molecule has 4 N–H and O–H groups in total. The van der Waals surface area contributed by atoms with Gasteiger partial charge in [0.25, 0.3) is 0 Å². The lowest BCUT2D eigenvalue weighted by Crippen LogP contribution is -2.49. The van der Waals surface area contributed by atoms with E-state index in [1.807, 2.05) is 54.6 Å². The molecule has 0 saturated heterocycles. The third kappa shape index (κ3) is 6.32. The van der Waals surface area contributed by atoms with Crippen LogP contribution in [0.4, 0.5) is 10.5 Å². The van der Waals surface area contributed by atoms with E-state index in [4.69, 9.17) is 15.5 Å². The van der Waals surface area contributed by atoms with Crippen molar-refractivity contribution in [3.8, 4) is 0 Å². The number of anilines is 1. The number of amides is 2. The van der Waals surface area contributed by atoms with Crippen LogP contribution < -0.4 is 16.4 Å². The number of nitrogens with zero attached hydrogens (tertiary/aromatic N) is 1. The Morgan fingerprint density at radius 1 is 1.06 bits per heavy atom. The zero-order valence-electron chi connectivity index (χ0n) is 18.5. The minimum atomic E-state index is -0.781. The van der Waals surface area contributed by atoms with Crippen LogP contribution in [0.1, 0.15) is 46.6 Å². The van der Waals surface area contributed by atoms with E-state index < -0.39 is 12.1 Å². The fourth-order valence-corrected chi connectivity index (χ4v) is 4.60. The molecule has 7 nitrogen and oxygen atoms in total.